The van der Waals surface area contributed by atoms with Crippen molar-refractivity contribution in [3.63, 3.8) is 0 Å². The molecule has 1 aromatic heterocycles. The molecule has 0 aliphatic carbocycles. The maximum absolute atomic E-state index is 12.2. The molecule has 0 aliphatic rings. The molecule has 1 unspecified atom stereocenters. The lowest BCUT2D eigenvalue weighted by atomic mass is 10.0. The molecule has 1 amide bonds. The van der Waals surface area contributed by atoms with E-state index in [1.54, 1.807) is 47.4 Å². The smallest absolute Gasteiger partial charge is 0.331 e. The van der Waals surface area contributed by atoms with E-state index in [9.17, 15) is 14.7 Å². The average molecular weight is 303 g/mol. The summed E-state index contributed by atoms with van der Waals surface area (Å²) in [6.45, 7) is 1.27. The first-order valence-electron chi connectivity index (χ1n) is 6.61. The van der Waals surface area contributed by atoms with E-state index in [2.05, 4.69) is 10.4 Å². The van der Waals surface area contributed by atoms with E-state index in [0.29, 0.717) is 5.56 Å². The van der Waals surface area contributed by atoms with Crippen molar-refractivity contribution in [3.05, 3.63) is 48.3 Å². The summed E-state index contributed by atoms with van der Waals surface area (Å²) in [6.07, 6.45) is 3.44. The van der Waals surface area contributed by atoms with Gasteiger partial charge in [0.1, 0.15) is 0 Å². The number of rotatable bonds is 6. The van der Waals surface area contributed by atoms with Gasteiger partial charge in [-0.15, -0.1) is 0 Å². The van der Waals surface area contributed by atoms with Gasteiger partial charge < -0.3 is 15.2 Å². The molecule has 0 saturated heterocycles. The number of carboxylic acids is 1. The van der Waals surface area contributed by atoms with E-state index in [-0.39, 0.29) is 6.61 Å². The predicted molar refractivity (Wildman–Crippen MR) is 78.9 cm³/mol. The molecule has 0 spiro atoms. The van der Waals surface area contributed by atoms with Gasteiger partial charge in [0.05, 0.1) is 12.3 Å². The van der Waals surface area contributed by atoms with Gasteiger partial charge in [-0.05, 0) is 37.3 Å². The van der Waals surface area contributed by atoms with E-state index in [4.69, 9.17) is 4.74 Å². The Hall–Kier alpha value is -2.67. The minimum atomic E-state index is -1.48. The third-order valence-electron chi connectivity index (χ3n) is 3.19. The van der Waals surface area contributed by atoms with Crippen LogP contribution in [0, 0.1) is 0 Å². The SMILES string of the molecule is COCC(C)(NC(=O)c1ccc(-n2cccn2)cc1)C(=O)O. The molecule has 0 aliphatic heterocycles. The molecule has 2 aromatic rings. The fourth-order valence-corrected chi connectivity index (χ4v) is 1.95. The monoisotopic (exact) mass is 303 g/mol. The van der Waals surface area contributed by atoms with Crippen molar-refractivity contribution in [1.82, 2.24) is 15.1 Å². The summed E-state index contributed by atoms with van der Waals surface area (Å²) in [7, 11) is 1.38. The van der Waals surface area contributed by atoms with Gasteiger partial charge in [0, 0.05) is 25.1 Å². The summed E-state index contributed by atoms with van der Waals surface area (Å²) in [4.78, 5) is 23.5. The van der Waals surface area contributed by atoms with E-state index in [0.717, 1.165) is 5.69 Å². The molecule has 0 bridgehead atoms. The van der Waals surface area contributed by atoms with E-state index in [1.807, 2.05) is 0 Å². The maximum Gasteiger partial charge on any atom is 0.331 e. The lowest BCUT2D eigenvalue weighted by molar-refractivity contribution is -0.145. The van der Waals surface area contributed by atoms with Crippen molar-refractivity contribution in [2.45, 2.75) is 12.5 Å². The molecular weight excluding hydrogens is 286 g/mol. The average Bonchev–Trinajstić information content (AvgIpc) is 3.01. The van der Waals surface area contributed by atoms with Crippen LogP contribution in [0.4, 0.5) is 0 Å². The standard InChI is InChI=1S/C15H17N3O4/c1-15(10-22-2,14(20)21)17-13(19)11-4-6-12(7-5-11)18-9-3-8-16-18/h3-9H,10H2,1-2H3,(H,17,19)(H,20,21). The Bertz CT molecular complexity index is 652. The Balaban J connectivity index is 2.14. The van der Waals surface area contributed by atoms with Gasteiger partial charge in [-0.2, -0.15) is 5.10 Å². The Morgan fingerprint density at radius 2 is 2.05 bits per heavy atom. The number of carbonyl (C=O) groups excluding carboxylic acids is 1. The summed E-state index contributed by atoms with van der Waals surface area (Å²) in [5, 5.41) is 15.8. The zero-order valence-electron chi connectivity index (χ0n) is 12.3. The third-order valence-corrected chi connectivity index (χ3v) is 3.19. The number of nitrogens with zero attached hydrogens (tertiary/aromatic N) is 2. The first kappa shape index (κ1) is 15.7. The molecule has 0 fully saturated rings. The molecule has 0 radical (unpaired) electrons. The van der Waals surface area contributed by atoms with Crippen LogP contribution in [-0.4, -0.2) is 46.0 Å². The highest BCUT2D eigenvalue weighted by atomic mass is 16.5. The third kappa shape index (κ3) is 3.32. The Kier molecular flexibility index (Phi) is 4.57. The van der Waals surface area contributed by atoms with Crippen molar-refractivity contribution >= 4 is 11.9 Å². The van der Waals surface area contributed by atoms with Crippen LogP contribution >= 0.6 is 0 Å². The fraction of sp³-hybridized carbons (Fsp3) is 0.267. The summed E-state index contributed by atoms with van der Waals surface area (Å²) >= 11 is 0. The first-order chi connectivity index (χ1) is 10.5. The van der Waals surface area contributed by atoms with Crippen LogP contribution in [0.25, 0.3) is 5.69 Å². The molecule has 1 atom stereocenters. The largest absolute Gasteiger partial charge is 0.479 e. The molecule has 2 rings (SSSR count). The summed E-state index contributed by atoms with van der Waals surface area (Å²) in [5.74, 6) is -1.63. The van der Waals surface area contributed by atoms with Crippen molar-refractivity contribution in [3.8, 4) is 5.69 Å². The van der Waals surface area contributed by atoms with Crippen LogP contribution in [0.3, 0.4) is 0 Å². The highest BCUT2D eigenvalue weighted by molar-refractivity contribution is 5.97. The van der Waals surface area contributed by atoms with Crippen LogP contribution in [0.5, 0.6) is 0 Å². The number of amides is 1. The Morgan fingerprint density at radius 1 is 1.36 bits per heavy atom. The predicted octanol–water partition coefficient (Wildman–Crippen LogP) is 1.09. The normalized spacial score (nSPS) is 13.4. The molecule has 1 heterocycles. The van der Waals surface area contributed by atoms with Crippen LogP contribution in [-0.2, 0) is 9.53 Å². The summed E-state index contributed by atoms with van der Waals surface area (Å²) in [5.41, 5.74) is -0.314. The minimum Gasteiger partial charge on any atom is -0.479 e. The van der Waals surface area contributed by atoms with Crippen LogP contribution in [0.1, 0.15) is 17.3 Å². The number of aliphatic carboxylic acids is 1. The zero-order chi connectivity index (χ0) is 16.2. The molecule has 2 N–H and O–H groups in total. The van der Waals surface area contributed by atoms with Crippen LogP contribution in [0.15, 0.2) is 42.7 Å². The molecule has 0 saturated carbocycles. The van der Waals surface area contributed by atoms with Crippen molar-refractivity contribution in [1.29, 1.82) is 0 Å². The molecule has 22 heavy (non-hydrogen) atoms. The van der Waals surface area contributed by atoms with Crippen molar-refractivity contribution < 1.29 is 19.4 Å². The minimum absolute atomic E-state index is 0.126. The Morgan fingerprint density at radius 3 is 2.55 bits per heavy atom. The van der Waals surface area contributed by atoms with Gasteiger partial charge in [0.2, 0.25) is 0 Å². The second-order valence-corrected chi connectivity index (χ2v) is 5.02. The fourth-order valence-electron chi connectivity index (χ4n) is 1.95. The van der Waals surface area contributed by atoms with Gasteiger partial charge in [-0.3, -0.25) is 4.79 Å². The topological polar surface area (TPSA) is 93.5 Å². The molecule has 7 heteroatoms. The second kappa shape index (κ2) is 6.40. The molecule has 1 aromatic carbocycles. The number of carbonyl (C=O) groups is 2. The van der Waals surface area contributed by atoms with E-state index in [1.165, 1.54) is 14.0 Å². The van der Waals surface area contributed by atoms with E-state index >= 15 is 0 Å². The van der Waals surface area contributed by atoms with Gasteiger partial charge >= 0.3 is 5.97 Å². The lowest BCUT2D eigenvalue weighted by Gasteiger charge is -2.25. The van der Waals surface area contributed by atoms with Crippen molar-refractivity contribution in [2.24, 2.45) is 0 Å². The van der Waals surface area contributed by atoms with Gasteiger partial charge in [0.15, 0.2) is 5.54 Å². The second-order valence-electron chi connectivity index (χ2n) is 5.02. The number of methoxy groups -OCH3 is 1. The van der Waals surface area contributed by atoms with Crippen LogP contribution in [0.2, 0.25) is 0 Å². The van der Waals surface area contributed by atoms with Gasteiger partial charge in [-0.1, -0.05) is 0 Å². The van der Waals surface area contributed by atoms with Gasteiger partial charge in [0.25, 0.3) is 5.91 Å². The molecular formula is C15H17N3O4. The highest BCUT2D eigenvalue weighted by Crippen LogP contribution is 2.11. The van der Waals surface area contributed by atoms with Gasteiger partial charge in [-0.25, -0.2) is 9.48 Å². The molecule has 7 nitrogen and oxygen atoms in total. The number of ether oxygens (including phenoxy) is 1. The lowest BCUT2D eigenvalue weighted by Crippen LogP contribution is -2.55. The summed E-state index contributed by atoms with van der Waals surface area (Å²) in [6, 6.07) is 8.49. The van der Waals surface area contributed by atoms with E-state index < -0.39 is 17.4 Å². The highest BCUT2D eigenvalue weighted by Gasteiger charge is 2.35. The zero-order valence-corrected chi connectivity index (χ0v) is 12.3. The molecule has 116 valence electrons. The Labute approximate surface area is 127 Å². The number of hydrogen-bond acceptors (Lipinski definition) is 4. The quantitative estimate of drug-likeness (QED) is 0.833. The number of nitrogens with one attached hydrogen (secondary N) is 1. The first-order valence-corrected chi connectivity index (χ1v) is 6.61. The number of hydrogen-bond donors (Lipinski definition) is 2. The van der Waals surface area contributed by atoms with Crippen molar-refractivity contribution in [2.75, 3.05) is 13.7 Å². The number of aromatic nitrogens is 2. The summed E-state index contributed by atoms with van der Waals surface area (Å²) < 4.78 is 6.53. The van der Waals surface area contributed by atoms with Crippen LogP contribution < -0.4 is 5.32 Å². The number of carboxylic acid groups (broad SMARTS) is 1. The number of benzene rings is 1. The maximum atomic E-state index is 12.2.